The quantitative estimate of drug-likeness (QED) is 0.544. The lowest BCUT2D eigenvalue weighted by Gasteiger charge is -2.25. The van der Waals surface area contributed by atoms with Crippen LogP contribution in [0.5, 0.6) is 0 Å². The van der Waals surface area contributed by atoms with Crippen molar-refractivity contribution < 1.29 is 0 Å². The minimum Gasteiger partial charge on any atom is -0.314 e. The summed E-state index contributed by atoms with van der Waals surface area (Å²) in [5, 5.41) is 3.49. The summed E-state index contributed by atoms with van der Waals surface area (Å²) in [4.78, 5) is 0. The first-order valence-electron chi connectivity index (χ1n) is 3.70. The first kappa shape index (κ1) is 7.79. The summed E-state index contributed by atoms with van der Waals surface area (Å²) in [6, 6.07) is 0.806. The van der Waals surface area contributed by atoms with E-state index in [4.69, 9.17) is 0 Å². The van der Waals surface area contributed by atoms with Crippen LogP contribution in [0.4, 0.5) is 0 Å². The molecule has 1 aliphatic rings. The van der Waals surface area contributed by atoms with Gasteiger partial charge < -0.3 is 5.32 Å². The van der Waals surface area contributed by atoms with E-state index in [0.717, 1.165) is 9.97 Å². The number of piperidine rings is 1. The highest BCUT2D eigenvalue weighted by molar-refractivity contribution is 14.1. The van der Waals surface area contributed by atoms with E-state index in [2.05, 4.69) is 34.8 Å². The van der Waals surface area contributed by atoms with Crippen molar-refractivity contribution in [3.8, 4) is 0 Å². The maximum absolute atomic E-state index is 3.49. The highest BCUT2D eigenvalue weighted by Gasteiger charge is 2.16. The molecule has 2 heteroatoms. The van der Waals surface area contributed by atoms with Gasteiger partial charge in [-0.2, -0.15) is 0 Å². The lowest BCUT2D eigenvalue weighted by atomic mass is 10.0. The van der Waals surface area contributed by atoms with Crippen LogP contribution < -0.4 is 5.32 Å². The molecule has 1 fully saturated rings. The normalized spacial score (nSPS) is 36.7. The minimum absolute atomic E-state index is 0.806. The average Bonchev–Trinajstić information content (AvgIpc) is 1.88. The maximum Gasteiger partial charge on any atom is 0.0136 e. The number of rotatable bonds is 1. The standard InChI is InChI=1S/C7H14IN/c1-2-7-5-6(8)3-4-9-7/h6-7,9H,2-5H2,1H3/t6-,7-/m0/s1. The maximum atomic E-state index is 3.49. The molecule has 0 saturated carbocycles. The van der Waals surface area contributed by atoms with Gasteiger partial charge >= 0.3 is 0 Å². The van der Waals surface area contributed by atoms with Crippen LogP contribution in [0.25, 0.3) is 0 Å². The summed E-state index contributed by atoms with van der Waals surface area (Å²) in [6.45, 7) is 3.48. The topological polar surface area (TPSA) is 12.0 Å². The molecule has 1 heterocycles. The van der Waals surface area contributed by atoms with E-state index in [-0.39, 0.29) is 0 Å². The molecule has 1 N–H and O–H groups in total. The van der Waals surface area contributed by atoms with E-state index >= 15 is 0 Å². The van der Waals surface area contributed by atoms with Crippen LogP contribution in [0.15, 0.2) is 0 Å². The molecule has 0 amide bonds. The Bertz CT molecular complexity index is 85.0. The van der Waals surface area contributed by atoms with Crippen LogP contribution in [0.1, 0.15) is 26.2 Å². The van der Waals surface area contributed by atoms with Crippen molar-refractivity contribution in [1.29, 1.82) is 0 Å². The number of alkyl halides is 1. The fourth-order valence-electron chi connectivity index (χ4n) is 1.26. The largest absolute Gasteiger partial charge is 0.314 e. The van der Waals surface area contributed by atoms with Gasteiger partial charge in [-0.3, -0.25) is 0 Å². The molecular weight excluding hydrogens is 225 g/mol. The molecule has 0 aromatic heterocycles. The molecule has 0 spiro atoms. The van der Waals surface area contributed by atoms with Crippen molar-refractivity contribution in [1.82, 2.24) is 5.32 Å². The van der Waals surface area contributed by atoms with Crippen molar-refractivity contribution in [3.63, 3.8) is 0 Å². The van der Waals surface area contributed by atoms with E-state index in [9.17, 15) is 0 Å². The zero-order valence-electron chi connectivity index (χ0n) is 5.86. The minimum atomic E-state index is 0.806. The Labute approximate surface area is 70.7 Å². The Hall–Kier alpha value is 0.690. The second-order valence-corrected chi connectivity index (χ2v) is 4.44. The van der Waals surface area contributed by atoms with Gasteiger partial charge in [-0.05, 0) is 25.8 Å². The second kappa shape index (κ2) is 3.76. The molecule has 1 saturated heterocycles. The molecule has 9 heavy (non-hydrogen) atoms. The van der Waals surface area contributed by atoms with Crippen LogP contribution in [0.2, 0.25) is 0 Å². The summed E-state index contributed by atoms with van der Waals surface area (Å²) in [6.07, 6.45) is 4.02. The zero-order valence-corrected chi connectivity index (χ0v) is 8.02. The Balaban J connectivity index is 2.23. The highest BCUT2D eigenvalue weighted by Crippen LogP contribution is 2.18. The van der Waals surface area contributed by atoms with Crippen LogP contribution in [0.3, 0.4) is 0 Å². The number of hydrogen-bond donors (Lipinski definition) is 1. The molecule has 0 aliphatic carbocycles. The summed E-state index contributed by atoms with van der Waals surface area (Å²) in [7, 11) is 0. The molecule has 1 rings (SSSR count). The molecule has 0 unspecified atom stereocenters. The van der Waals surface area contributed by atoms with Gasteiger partial charge in [0, 0.05) is 9.97 Å². The zero-order chi connectivity index (χ0) is 6.69. The second-order valence-electron chi connectivity index (χ2n) is 2.68. The molecule has 0 aromatic rings. The van der Waals surface area contributed by atoms with Gasteiger partial charge in [-0.25, -0.2) is 0 Å². The molecule has 1 nitrogen and oxygen atoms in total. The van der Waals surface area contributed by atoms with Gasteiger partial charge in [0.1, 0.15) is 0 Å². The van der Waals surface area contributed by atoms with Crippen LogP contribution in [-0.4, -0.2) is 16.5 Å². The number of halogens is 1. The third-order valence-corrected chi connectivity index (χ3v) is 3.05. The predicted molar refractivity (Wildman–Crippen MR) is 49.1 cm³/mol. The van der Waals surface area contributed by atoms with E-state index in [1.54, 1.807) is 0 Å². The van der Waals surface area contributed by atoms with Gasteiger partial charge in [-0.1, -0.05) is 29.5 Å². The van der Waals surface area contributed by atoms with Crippen molar-refractivity contribution in [2.45, 2.75) is 36.2 Å². The van der Waals surface area contributed by atoms with Gasteiger partial charge in [0.25, 0.3) is 0 Å². The van der Waals surface area contributed by atoms with Crippen LogP contribution in [0, 0.1) is 0 Å². The molecule has 0 radical (unpaired) electrons. The summed E-state index contributed by atoms with van der Waals surface area (Å²) in [5.74, 6) is 0. The van der Waals surface area contributed by atoms with Gasteiger partial charge in [-0.15, -0.1) is 0 Å². The fraction of sp³-hybridized carbons (Fsp3) is 1.00. The van der Waals surface area contributed by atoms with E-state index < -0.39 is 0 Å². The molecular formula is C7H14IN. The summed E-state index contributed by atoms with van der Waals surface area (Å²) < 4.78 is 0.925. The van der Waals surface area contributed by atoms with Crippen molar-refractivity contribution >= 4 is 22.6 Å². The highest BCUT2D eigenvalue weighted by atomic mass is 127. The molecule has 54 valence electrons. The number of nitrogens with one attached hydrogen (secondary N) is 1. The Kier molecular flexibility index (Phi) is 3.26. The molecule has 0 aromatic carbocycles. The van der Waals surface area contributed by atoms with Gasteiger partial charge in [0.05, 0.1) is 0 Å². The lowest BCUT2D eigenvalue weighted by Crippen LogP contribution is -2.37. The third-order valence-electron chi connectivity index (χ3n) is 1.92. The molecule has 2 atom stereocenters. The monoisotopic (exact) mass is 239 g/mol. The van der Waals surface area contributed by atoms with E-state index in [0.29, 0.717) is 0 Å². The van der Waals surface area contributed by atoms with Crippen LogP contribution in [-0.2, 0) is 0 Å². The smallest absolute Gasteiger partial charge is 0.0136 e. The summed E-state index contributed by atoms with van der Waals surface area (Å²) >= 11 is 2.56. The van der Waals surface area contributed by atoms with Crippen molar-refractivity contribution in [2.75, 3.05) is 6.54 Å². The van der Waals surface area contributed by atoms with Gasteiger partial charge in [0.2, 0.25) is 0 Å². The Morgan fingerprint density at radius 1 is 1.67 bits per heavy atom. The predicted octanol–water partition coefficient (Wildman–Crippen LogP) is 1.95. The van der Waals surface area contributed by atoms with Crippen molar-refractivity contribution in [3.05, 3.63) is 0 Å². The van der Waals surface area contributed by atoms with Crippen LogP contribution >= 0.6 is 22.6 Å². The summed E-state index contributed by atoms with van der Waals surface area (Å²) in [5.41, 5.74) is 0. The molecule has 0 bridgehead atoms. The van der Waals surface area contributed by atoms with E-state index in [1.165, 1.54) is 25.8 Å². The first-order chi connectivity index (χ1) is 4.33. The van der Waals surface area contributed by atoms with E-state index in [1.807, 2.05) is 0 Å². The van der Waals surface area contributed by atoms with Crippen molar-refractivity contribution in [2.24, 2.45) is 0 Å². The first-order valence-corrected chi connectivity index (χ1v) is 4.95. The number of hydrogen-bond acceptors (Lipinski definition) is 1. The SMILES string of the molecule is CC[C@H]1C[C@@H](I)CCN1. The lowest BCUT2D eigenvalue weighted by molar-refractivity contribution is 0.408. The molecule has 1 aliphatic heterocycles. The third kappa shape index (κ3) is 2.42. The Morgan fingerprint density at radius 2 is 2.44 bits per heavy atom. The fourth-order valence-corrected chi connectivity index (χ4v) is 2.19. The average molecular weight is 239 g/mol. The Morgan fingerprint density at radius 3 is 2.89 bits per heavy atom. The van der Waals surface area contributed by atoms with Gasteiger partial charge in [0.15, 0.2) is 0 Å².